The molecule has 88 heavy (non-hydrogen) atoms. The van der Waals surface area contributed by atoms with Crippen molar-refractivity contribution in [3.63, 3.8) is 0 Å². The third-order valence-corrected chi connectivity index (χ3v) is 12.8. The van der Waals surface area contributed by atoms with Gasteiger partial charge in [0.05, 0.1) is 60.4 Å². The molecule has 0 bridgehead atoms. The van der Waals surface area contributed by atoms with Crippen molar-refractivity contribution in [3.05, 3.63) is 221 Å². The van der Waals surface area contributed by atoms with Crippen LogP contribution in [0.1, 0.15) is 39.3 Å². The number of Topliss-reactive ketones (excluding diaryl/α,β-unsaturated/α-hetero) is 1. The summed E-state index contributed by atoms with van der Waals surface area (Å²) in [5, 5.41) is 27.3. The monoisotopic (exact) mass is 1320 g/mol. The summed E-state index contributed by atoms with van der Waals surface area (Å²) in [4.78, 5) is 47.3. The van der Waals surface area contributed by atoms with Crippen LogP contribution in [0.4, 0.5) is 45.3 Å². The van der Waals surface area contributed by atoms with Gasteiger partial charge in [-0.05, 0) is 96.2 Å². The first-order valence-electron chi connectivity index (χ1n) is 25.3. The molecule has 13 aromatic heterocycles. The average Bonchev–Trinajstić information content (AvgIpc) is 1.82. The highest BCUT2D eigenvalue weighted by Crippen LogP contribution is 2.36. The number of aryl methyl sites for hydroxylation is 1. The molecule has 0 radical (unpaired) electrons. The maximum Gasteiger partial charge on any atom is 0.419 e. The first-order chi connectivity index (χ1) is 42.1. The van der Waals surface area contributed by atoms with Gasteiger partial charge in [-0.2, -0.15) is 65.2 Å². The highest BCUT2D eigenvalue weighted by Gasteiger charge is 2.34. The molecule has 20 nitrogen and oxygen atoms in total. The van der Waals surface area contributed by atoms with Crippen molar-refractivity contribution < 1.29 is 44.3 Å². The number of nitriles is 1. The molecule has 0 saturated carbocycles. The summed E-state index contributed by atoms with van der Waals surface area (Å²) in [7, 11) is 0. The van der Waals surface area contributed by atoms with Gasteiger partial charge in [-0.15, -0.1) is 0 Å². The Bertz CT molecular complexity index is 4500. The first kappa shape index (κ1) is 61.6. The molecule has 0 aromatic carbocycles. The van der Waals surface area contributed by atoms with Gasteiger partial charge in [0.1, 0.15) is 35.0 Å². The second kappa shape index (κ2) is 26.9. The first-order valence-corrected chi connectivity index (χ1v) is 26.4. The number of nitrogens with zero attached hydrogens (tertiary/aromatic N) is 17. The Balaban J connectivity index is 0.000000135. The molecule has 0 unspecified atom stereocenters. The number of nitrogen functional groups attached to an aromatic ring is 1. The SMILES string of the molecule is Cc1ccc(-c2c(-c3ccccn3)nn3cc(C(F)(F)F)cnc23)cn1.FC(F)(F)c1cnc2c(I)c(-c3ccccn3)nn2c1.FC(F)(F)c1cnc2cc(-c3ccccn3)nn2c1.N#CCC(=O)c1ccccn1.Nc1cc(-c2ccccn2)[nH]n1. The Kier molecular flexibility index (Phi) is 18.9. The molecule has 0 amide bonds. The van der Waals surface area contributed by atoms with E-state index >= 15 is 0 Å². The number of aromatic amines is 1. The largest absolute Gasteiger partial charge is 0.419 e. The molecule has 0 aliphatic rings. The van der Waals surface area contributed by atoms with Crippen LogP contribution in [-0.2, 0) is 18.5 Å². The van der Waals surface area contributed by atoms with Crippen LogP contribution in [0.3, 0.4) is 0 Å². The van der Waals surface area contributed by atoms with Crippen molar-refractivity contribution in [2.24, 2.45) is 0 Å². The number of ketones is 1. The van der Waals surface area contributed by atoms with Crippen LogP contribution in [-0.4, -0.2) is 89.7 Å². The molecule has 0 saturated heterocycles. The summed E-state index contributed by atoms with van der Waals surface area (Å²) in [6, 6.07) is 35.3. The van der Waals surface area contributed by atoms with E-state index in [1.807, 2.05) is 59.8 Å². The number of H-pyrrole nitrogens is 1. The molecule has 0 fully saturated rings. The van der Waals surface area contributed by atoms with Crippen LogP contribution < -0.4 is 5.73 Å². The number of aromatic nitrogens is 17. The van der Waals surface area contributed by atoms with E-state index in [-0.39, 0.29) is 12.2 Å². The highest BCUT2D eigenvalue weighted by atomic mass is 127. The van der Waals surface area contributed by atoms with Gasteiger partial charge in [0.25, 0.3) is 0 Å². The topological polar surface area (TPSA) is 263 Å². The summed E-state index contributed by atoms with van der Waals surface area (Å²) in [5.41, 5.74) is 11.3. The summed E-state index contributed by atoms with van der Waals surface area (Å²) >= 11 is 2.00. The van der Waals surface area contributed by atoms with Crippen molar-refractivity contribution in [1.82, 2.24) is 83.9 Å². The molecule has 0 atom stereocenters. The van der Waals surface area contributed by atoms with Crippen LogP contribution in [0.15, 0.2) is 190 Å². The second-order valence-electron chi connectivity index (χ2n) is 18.0. The molecule has 13 aromatic rings. The predicted octanol–water partition coefficient (Wildman–Crippen LogP) is 12.6. The highest BCUT2D eigenvalue weighted by molar-refractivity contribution is 14.1. The van der Waals surface area contributed by atoms with Gasteiger partial charge < -0.3 is 5.73 Å². The fourth-order valence-electron chi connectivity index (χ4n) is 7.71. The number of halogens is 10. The minimum Gasteiger partial charge on any atom is -0.382 e. The lowest BCUT2D eigenvalue weighted by atomic mass is 10.1. The van der Waals surface area contributed by atoms with E-state index in [2.05, 4.69) is 70.3 Å². The normalized spacial score (nSPS) is 11.2. The van der Waals surface area contributed by atoms with Gasteiger partial charge >= 0.3 is 18.5 Å². The minimum absolute atomic E-state index is 0.100. The molecule has 0 aliphatic carbocycles. The van der Waals surface area contributed by atoms with Crippen LogP contribution in [0.25, 0.3) is 73.6 Å². The smallest absolute Gasteiger partial charge is 0.382 e. The molecule has 13 rings (SSSR count). The van der Waals surface area contributed by atoms with Crippen molar-refractivity contribution in [1.29, 1.82) is 5.26 Å². The Hall–Kier alpha value is -11.0. The Labute approximate surface area is 503 Å². The van der Waals surface area contributed by atoms with E-state index in [0.29, 0.717) is 77.3 Å². The Morgan fingerprint density at radius 1 is 0.545 bits per heavy atom. The van der Waals surface area contributed by atoms with E-state index < -0.39 is 35.2 Å². The third kappa shape index (κ3) is 15.3. The lowest BCUT2D eigenvalue weighted by Crippen LogP contribution is -2.07. The van der Waals surface area contributed by atoms with E-state index in [9.17, 15) is 44.3 Å². The zero-order chi connectivity index (χ0) is 62.6. The standard InChI is InChI=1S/C18H12F3N5.C12H6F3IN4.C12H7F3N4.C8H8N4.C8H6N2O/c1-11-5-6-12(8-23-11)15-16(14-4-2-3-7-22-14)25-26-10-13(18(19,20)21)9-24-17(15)26;13-12(14,15)7-5-18-11-9(16)10(19-20(11)6-7)8-3-1-2-4-17-8;13-12(14,15)8-6-17-11-5-10(18-19(11)7-8)9-3-1-2-4-16-9;9-8-5-7(11-12-8)6-3-1-2-4-10-6;9-5-4-8(11)7-3-1-2-6-10-7/h2-10H,1H3;1-6H;1-7H;1-5H,(H3,9,11,12);1-3,6H,4H2. The molecule has 0 spiro atoms. The zero-order valence-corrected chi connectivity index (χ0v) is 47.1. The van der Waals surface area contributed by atoms with Gasteiger partial charge in [-0.1, -0.05) is 36.4 Å². The zero-order valence-electron chi connectivity index (χ0n) is 45.0. The number of hydrogen-bond donors (Lipinski definition) is 2. The summed E-state index contributed by atoms with van der Waals surface area (Å²) in [6.45, 7) is 1.85. The van der Waals surface area contributed by atoms with Crippen LogP contribution >= 0.6 is 22.6 Å². The van der Waals surface area contributed by atoms with Crippen molar-refractivity contribution in [3.8, 4) is 62.7 Å². The molecular weight excluding hydrogens is 1280 g/mol. The number of rotatable bonds is 7. The van der Waals surface area contributed by atoms with Gasteiger partial charge in [0.15, 0.2) is 22.7 Å². The number of anilines is 1. The molecule has 3 N–H and O–H groups in total. The van der Waals surface area contributed by atoms with Crippen LogP contribution in [0.2, 0.25) is 0 Å². The van der Waals surface area contributed by atoms with E-state index in [1.54, 1.807) is 122 Å². The number of hydrogen-bond acceptors (Lipinski definition) is 16. The number of fused-ring (bicyclic) bond motifs is 3. The maximum atomic E-state index is 13.0. The summed E-state index contributed by atoms with van der Waals surface area (Å²) < 4.78 is 119. The third-order valence-electron chi connectivity index (χ3n) is 11.9. The van der Waals surface area contributed by atoms with Crippen LogP contribution in [0.5, 0.6) is 0 Å². The summed E-state index contributed by atoms with van der Waals surface area (Å²) in [5.74, 6) is 0.253. The van der Waals surface area contributed by atoms with Gasteiger partial charge in [-0.25, -0.2) is 28.5 Å². The maximum absolute atomic E-state index is 13.0. The second-order valence-corrected chi connectivity index (χ2v) is 19.1. The number of nitrogens with two attached hydrogens (primary N) is 1. The van der Waals surface area contributed by atoms with Crippen LogP contribution in [0, 0.1) is 21.8 Å². The molecule has 13 heterocycles. The number of nitrogens with one attached hydrogen (secondary N) is 1. The number of alkyl halides is 9. The van der Waals surface area contributed by atoms with Crippen molar-refractivity contribution >= 4 is 51.1 Å². The lowest BCUT2D eigenvalue weighted by molar-refractivity contribution is -0.139. The number of carbonyl (C=O) groups excluding carboxylic acids is 1. The fourth-order valence-corrected chi connectivity index (χ4v) is 8.48. The summed E-state index contributed by atoms with van der Waals surface area (Å²) in [6.07, 6.45) is 1.41. The molecule has 30 heteroatoms. The molecule has 442 valence electrons. The number of carbonyl (C=O) groups is 1. The van der Waals surface area contributed by atoms with Gasteiger partial charge in [0, 0.05) is 97.8 Å². The van der Waals surface area contributed by atoms with E-state index in [4.69, 9.17) is 11.0 Å². The van der Waals surface area contributed by atoms with Gasteiger partial charge in [0.2, 0.25) is 0 Å². The van der Waals surface area contributed by atoms with E-state index in [0.717, 1.165) is 67.8 Å². The Morgan fingerprint density at radius 2 is 1.05 bits per heavy atom. The van der Waals surface area contributed by atoms with E-state index in [1.165, 1.54) is 6.20 Å². The Morgan fingerprint density at radius 3 is 1.55 bits per heavy atom. The fraction of sp³-hybridized carbons (Fsp3) is 0.0862. The average molecular weight is 1320 g/mol. The van der Waals surface area contributed by atoms with Gasteiger partial charge in [-0.3, -0.25) is 39.8 Å². The minimum atomic E-state index is -4.50. The van der Waals surface area contributed by atoms with Crippen molar-refractivity contribution in [2.45, 2.75) is 31.9 Å². The quantitative estimate of drug-likeness (QED) is 0.0853. The predicted molar refractivity (Wildman–Crippen MR) is 309 cm³/mol. The molecular formula is C58H39F9IN19O. The number of pyridine rings is 6. The van der Waals surface area contributed by atoms with Crippen molar-refractivity contribution in [2.75, 3.05) is 5.73 Å². The lowest BCUT2D eigenvalue weighted by Gasteiger charge is -2.06. The molecule has 0 aliphatic heterocycles.